The SMILES string of the molecule is C=CCN(CC=C)C(=O)c1cccc(S(C)(=O)=O)c1. The third-order valence-corrected chi connectivity index (χ3v) is 3.61. The Labute approximate surface area is 114 Å². The molecule has 0 aliphatic carbocycles. The van der Waals surface area contributed by atoms with Gasteiger partial charge in [-0.15, -0.1) is 13.2 Å². The predicted octanol–water partition coefficient (Wildman–Crippen LogP) is 1.90. The molecule has 0 unspecified atom stereocenters. The first-order valence-corrected chi connectivity index (χ1v) is 7.60. The van der Waals surface area contributed by atoms with Crippen LogP contribution in [0.5, 0.6) is 0 Å². The van der Waals surface area contributed by atoms with Gasteiger partial charge in [-0.05, 0) is 18.2 Å². The summed E-state index contributed by atoms with van der Waals surface area (Å²) >= 11 is 0. The summed E-state index contributed by atoms with van der Waals surface area (Å²) in [6, 6.07) is 6.01. The summed E-state index contributed by atoms with van der Waals surface area (Å²) in [5.41, 5.74) is 0.339. The summed E-state index contributed by atoms with van der Waals surface area (Å²) in [4.78, 5) is 13.9. The van der Waals surface area contributed by atoms with Gasteiger partial charge in [0.2, 0.25) is 0 Å². The molecule has 1 aromatic carbocycles. The van der Waals surface area contributed by atoms with Crippen LogP contribution in [0.3, 0.4) is 0 Å². The van der Waals surface area contributed by atoms with Crippen LogP contribution in [0.2, 0.25) is 0 Å². The summed E-state index contributed by atoms with van der Waals surface area (Å²) in [6.07, 6.45) is 4.34. The van der Waals surface area contributed by atoms with Gasteiger partial charge in [0.15, 0.2) is 9.84 Å². The van der Waals surface area contributed by atoms with Gasteiger partial charge in [-0.1, -0.05) is 18.2 Å². The molecule has 1 aromatic rings. The maximum absolute atomic E-state index is 12.2. The summed E-state index contributed by atoms with van der Waals surface area (Å²) in [5, 5.41) is 0. The first-order chi connectivity index (χ1) is 8.90. The van der Waals surface area contributed by atoms with Gasteiger partial charge >= 0.3 is 0 Å². The van der Waals surface area contributed by atoms with Crippen molar-refractivity contribution in [1.82, 2.24) is 4.90 Å². The molecule has 0 fully saturated rings. The van der Waals surface area contributed by atoms with Gasteiger partial charge in [0.25, 0.3) is 5.91 Å². The highest BCUT2D eigenvalue weighted by Crippen LogP contribution is 2.13. The quantitative estimate of drug-likeness (QED) is 0.747. The third-order valence-electron chi connectivity index (χ3n) is 2.50. The van der Waals surface area contributed by atoms with Crippen molar-refractivity contribution in [2.24, 2.45) is 0 Å². The van der Waals surface area contributed by atoms with Crippen molar-refractivity contribution in [2.45, 2.75) is 4.90 Å². The van der Waals surface area contributed by atoms with E-state index in [1.54, 1.807) is 24.3 Å². The Kier molecular flexibility index (Phi) is 5.06. The van der Waals surface area contributed by atoms with Gasteiger partial charge < -0.3 is 4.90 Å². The van der Waals surface area contributed by atoms with E-state index in [1.165, 1.54) is 17.0 Å². The fourth-order valence-electron chi connectivity index (χ4n) is 1.59. The molecule has 0 spiro atoms. The Morgan fingerprint density at radius 2 is 1.84 bits per heavy atom. The number of sulfone groups is 1. The molecular formula is C14H17NO3S. The Bertz CT molecular complexity index is 580. The number of amides is 1. The van der Waals surface area contributed by atoms with Crippen molar-refractivity contribution >= 4 is 15.7 Å². The van der Waals surface area contributed by atoms with E-state index in [0.29, 0.717) is 18.7 Å². The zero-order valence-electron chi connectivity index (χ0n) is 10.9. The molecule has 1 rings (SSSR count). The smallest absolute Gasteiger partial charge is 0.254 e. The molecule has 0 N–H and O–H groups in total. The standard InChI is InChI=1S/C14H17NO3S/c1-4-9-15(10-5-2)14(16)12-7-6-8-13(11-12)19(3,17)18/h4-8,11H,1-2,9-10H2,3H3. The number of benzene rings is 1. The van der Waals surface area contributed by atoms with Crippen molar-refractivity contribution < 1.29 is 13.2 Å². The second-order valence-corrected chi connectivity index (χ2v) is 6.10. The van der Waals surface area contributed by atoms with E-state index in [4.69, 9.17) is 0 Å². The second-order valence-electron chi connectivity index (χ2n) is 4.09. The zero-order valence-corrected chi connectivity index (χ0v) is 11.7. The molecule has 102 valence electrons. The van der Waals surface area contributed by atoms with Crippen LogP contribution in [0, 0.1) is 0 Å². The summed E-state index contributed by atoms with van der Waals surface area (Å²) in [6.45, 7) is 7.95. The van der Waals surface area contributed by atoms with Crippen LogP contribution in [0.25, 0.3) is 0 Å². The van der Waals surface area contributed by atoms with Crippen LogP contribution >= 0.6 is 0 Å². The predicted molar refractivity (Wildman–Crippen MR) is 75.8 cm³/mol. The summed E-state index contributed by atoms with van der Waals surface area (Å²) < 4.78 is 22.9. The lowest BCUT2D eigenvalue weighted by Gasteiger charge is -2.19. The first kappa shape index (κ1) is 15.2. The minimum absolute atomic E-state index is 0.135. The van der Waals surface area contributed by atoms with Gasteiger partial charge in [-0.3, -0.25) is 4.79 Å². The van der Waals surface area contributed by atoms with Gasteiger partial charge in [0, 0.05) is 24.9 Å². The Morgan fingerprint density at radius 1 is 1.26 bits per heavy atom. The first-order valence-electron chi connectivity index (χ1n) is 5.71. The molecule has 5 heteroatoms. The molecule has 4 nitrogen and oxygen atoms in total. The molecule has 0 saturated carbocycles. The third kappa shape index (κ3) is 4.06. The number of carbonyl (C=O) groups is 1. The second kappa shape index (κ2) is 6.33. The summed E-state index contributed by atoms with van der Waals surface area (Å²) in [7, 11) is -3.32. The molecule has 0 bridgehead atoms. The van der Waals surface area contributed by atoms with Crippen LogP contribution in [-0.2, 0) is 9.84 Å². The molecular weight excluding hydrogens is 262 g/mol. The molecule has 0 aliphatic rings. The zero-order chi connectivity index (χ0) is 14.5. The number of hydrogen-bond donors (Lipinski definition) is 0. The molecule has 0 aromatic heterocycles. The molecule has 19 heavy (non-hydrogen) atoms. The van der Waals surface area contributed by atoms with Crippen LogP contribution in [0.1, 0.15) is 10.4 Å². The van der Waals surface area contributed by atoms with E-state index in [2.05, 4.69) is 13.2 Å². The van der Waals surface area contributed by atoms with Gasteiger partial charge in [-0.2, -0.15) is 0 Å². The number of carbonyl (C=O) groups excluding carboxylic acids is 1. The molecule has 0 heterocycles. The maximum atomic E-state index is 12.2. The average molecular weight is 279 g/mol. The maximum Gasteiger partial charge on any atom is 0.254 e. The lowest BCUT2D eigenvalue weighted by Crippen LogP contribution is -2.31. The van der Waals surface area contributed by atoms with E-state index >= 15 is 0 Å². The highest BCUT2D eigenvalue weighted by Gasteiger charge is 2.15. The number of nitrogens with zero attached hydrogens (tertiary/aromatic N) is 1. The van der Waals surface area contributed by atoms with Crippen molar-refractivity contribution in [1.29, 1.82) is 0 Å². The Hall–Kier alpha value is -1.88. The molecule has 0 atom stereocenters. The normalized spacial score (nSPS) is 10.8. The van der Waals surface area contributed by atoms with Crippen LogP contribution in [0.15, 0.2) is 54.5 Å². The fourth-order valence-corrected chi connectivity index (χ4v) is 2.26. The minimum Gasteiger partial charge on any atom is -0.331 e. The van der Waals surface area contributed by atoms with E-state index in [-0.39, 0.29) is 10.8 Å². The highest BCUT2D eigenvalue weighted by molar-refractivity contribution is 7.90. The molecule has 0 aliphatic heterocycles. The van der Waals surface area contributed by atoms with E-state index < -0.39 is 9.84 Å². The fraction of sp³-hybridized carbons (Fsp3) is 0.214. The monoisotopic (exact) mass is 279 g/mol. The molecule has 0 saturated heterocycles. The van der Waals surface area contributed by atoms with Crippen LogP contribution in [0.4, 0.5) is 0 Å². The summed E-state index contributed by atoms with van der Waals surface area (Å²) in [5.74, 6) is -0.245. The van der Waals surface area contributed by atoms with Crippen LogP contribution < -0.4 is 0 Å². The lowest BCUT2D eigenvalue weighted by molar-refractivity contribution is 0.0790. The van der Waals surface area contributed by atoms with E-state index in [1.807, 2.05) is 0 Å². The molecule has 1 amide bonds. The largest absolute Gasteiger partial charge is 0.331 e. The average Bonchev–Trinajstić information content (AvgIpc) is 2.37. The van der Waals surface area contributed by atoms with Crippen molar-refractivity contribution in [3.8, 4) is 0 Å². The van der Waals surface area contributed by atoms with Crippen molar-refractivity contribution in [3.63, 3.8) is 0 Å². The lowest BCUT2D eigenvalue weighted by atomic mass is 10.2. The van der Waals surface area contributed by atoms with Gasteiger partial charge in [0.1, 0.15) is 0 Å². The van der Waals surface area contributed by atoms with Crippen molar-refractivity contribution in [3.05, 3.63) is 55.1 Å². The Morgan fingerprint density at radius 3 is 2.32 bits per heavy atom. The van der Waals surface area contributed by atoms with Gasteiger partial charge in [0.05, 0.1) is 4.90 Å². The van der Waals surface area contributed by atoms with Gasteiger partial charge in [-0.25, -0.2) is 8.42 Å². The Balaban J connectivity index is 3.11. The van der Waals surface area contributed by atoms with E-state index in [0.717, 1.165) is 6.26 Å². The van der Waals surface area contributed by atoms with Crippen molar-refractivity contribution in [2.75, 3.05) is 19.3 Å². The van der Waals surface area contributed by atoms with E-state index in [9.17, 15) is 13.2 Å². The number of rotatable bonds is 6. The minimum atomic E-state index is -3.32. The topological polar surface area (TPSA) is 54.5 Å². The number of hydrogen-bond acceptors (Lipinski definition) is 3. The van der Waals surface area contributed by atoms with Crippen LogP contribution in [-0.4, -0.2) is 38.6 Å². The highest BCUT2D eigenvalue weighted by atomic mass is 32.2. The molecule has 0 radical (unpaired) electrons.